The molecule has 0 bridgehead atoms. The predicted octanol–water partition coefficient (Wildman–Crippen LogP) is 3.70. The van der Waals surface area contributed by atoms with Crippen molar-refractivity contribution in [3.05, 3.63) is 59.5 Å². The van der Waals surface area contributed by atoms with Crippen LogP contribution in [0.2, 0.25) is 0 Å². The first-order valence-corrected chi connectivity index (χ1v) is 14.0. The van der Waals surface area contributed by atoms with Gasteiger partial charge in [-0.25, -0.2) is 13.4 Å². The maximum atomic E-state index is 13.1. The molecular formula is C25H28N4O5S2. The molecule has 0 atom stereocenters. The molecule has 0 aliphatic carbocycles. The zero-order valence-corrected chi connectivity index (χ0v) is 21.8. The van der Waals surface area contributed by atoms with Crippen LogP contribution in [0.4, 0.5) is 5.13 Å². The second-order valence-corrected chi connectivity index (χ2v) is 11.1. The first-order chi connectivity index (χ1) is 17.3. The number of amides is 2. The maximum absolute atomic E-state index is 13.1. The third-order valence-electron chi connectivity index (χ3n) is 5.77. The summed E-state index contributed by atoms with van der Waals surface area (Å²) in [4.78, 5) is 30.5. The van der Waals surface area contributed by atoms with Crippen LogP contribution >= 0.6 is 11.3 Å². The van der Waals surface area contributed by atoms with Gasteiger partial charge in [-0.15, -0.1) is 11.3 Å². The molecule has 1 N–H and O–H groups in total. The van der Waals surface area contributed by atoms with Crippen LogP contribution in [-0.4, -0.2) is 67.2 Å². The first-order valence-electron chi connectivity index (χ1n) is 11.6. The van der Waals surface area contributed by atoms with Gasteiger partial charge in [-0.2, -0.15) is 4.31 Å². The van der Waals surface area contributed by atoms with Crippen molar-refractivity contribution in [1.29, 1.82) is 0 Å². The summed E-state index contributed by atoms with van der Waals surface area (Å²) in [5.74, 6) is 0.270. The monoisotopic (exact) mass is 528 g/mol. The highest BCUT2D eigenvalue weighted by molar-refractivity contribution is 7.89. The van der Waals surface area contributed by atoms with E-state index in [9.17, 15) is 18.0 Å². The number of rotatable bonds is 8. The molecule has 1 aliphatic rings. The molecule has 0 spiro atoms. The summed E-state index contributed by atoms with van der Waals surface area (Å²) in [5.41, 5.74) is 1.83. The summed E-state index contributed by atoms with van der Waals surface area (Å²) in [7, 11) is -3.79. The molecule has 2 aromatic carbocycles. The van der Waals surface area contributed by atoms with Gasteiger partial charge in [-0.3, -0.25) is 14.9 Å². The second kappa shape index (κ2) is 11.2. The minimum atomic E-state index is -3.79. The van der Waals surface area contributed by atoms with Gasteiger partial charge in [-0.05, 0) is 48.9 Å². The van der Waals surface area contributed by atoms with E-state index >= 15 is 0 Å². The smallest absolute Gasteiger partial charge is 0.257 e. The molecule has 9 nitrogen and oxygen atoms in total. The Balaban J connectivity index is 1.43. The molecule has 4 rings (SSSR count). The molecule has 190 valence electrons. The average molecular weight is 529 g/mol. The summed E-state index contributed by atoms with van der Waals surface area (Å²) in [6.45, 7) is 5.29. The van der Waals surface area contributed by atoms with Gasteiger partial charge in [0.15, 0.2) is 5.13 Å². The van der Waals surface area contributed by atoms with Crippen LogP contribution in [0.25, 0.3) is 11.3 Å². The number of nitrogens with one attached hydrogen (secondary N) is 1. The van der Waals surface area contributed by atoms with Crippen molar-refractivity contribution in [3.8, 4) is 17.0 Å². The van der Waals surface area contributed by atoms with Gasteiger partial charge < -0.3 is 9.64 Å². The van der Waals surface area contributed by atoms with Crippen LogP contribution in [0.3, 0.4) is 0 Å². The Kier molecular flexibility index (Phi) is 8.02. The van der Waals surface area contributed by atoms with Crippen molar-refractivity contribution in [2.75, 3.05) is 38.1 Å². The van der Waals surface area contributed by atoms with Crippen molar-refractivity contribution in [1.82, 2.24) is 14.2 Å². The molecule has 36 heavy (non-hydrogen) atoms. The van der Waals surface area contributed by atoms with E-state index in [4.69, 9.17) is 4.74 Å². The van der Waals surface area contributed by atoms with Gasteiger partial charge in [0, 0.05) is 49.6 Å². The number of carbonyl (C=O) groups is 2. The number of aromatic nitrogens is 1. The number of hydrogen-bond donors (Lipinski definition) is 1. The number of sulfonamides is 1. The van der Waals surface area contributed by atoms with Crippen molar-refractivity contribution < 1.29 is 22.7 Å². The van der Waals surface area contributed by atoms with E-state index in [1.807, 2.05) is 36.6 Å². The molecule has 1 fully saturated rings. The molecule has 11 heteroatoms. The van der Waals surface area contributed by atoms with E-state index in [-0.39, 0.29) is 29.5 Å². The highest BCUT2D eigenvalue weighted by Gasteiger charge is 2.29. The summed E-state index contributed by atoms with van der Waals surface area (Å²) < 4.78 is 33.2. The number of thiazole rings is 1. The summed E-state index contributed by atoms with van der Waals surface area (Å²) in [5, 5.41) is 5.01. The van der Waals surface area contributed by atoms with Crippen molar-refractivity contribution in [3.63, 3.8) is 0 Å². The fourth-order valence-corrected chi connectivity index (χ4v) is 5.95. The Hall–Kier alpha value is -3.28. The third kappa shape index (κ3) is 5.92. The number of hydrogen-bond acceptors (Lipinski definition) is 7. The second-order valence-electron chi connectivity index (χ2n) is 8.30. The first kappa shape index (κ1) is 25.8. The minimum absolute atomic E-state index is 0.0386. The van der Waals surface area contributed by atoms with Crippen LogP contribution in [0.1, 0.15) is 30.6 Å². The fourth-order valence-electron chi connectivity index (χ4n) is 3.77. The van der Waals surface area contributed by atoms with E-state index in [0.717, 1.165) is 23.4 Å². The number of anilines is 1. The summed E-state index contributed by atoms with van der Waals surface area (Å²) in [6, 6.07) is 13.5. The Morgan fingerprint density at radius 2 is 1.81 bits per heavy atom. The van der Waals surface area contributed by atoms with E-state index in [1.54, 1.807) is 17.0 Å². The molecule has 0 saturated carbocycles. The van der Waals surface area contributed by atoms with Gasteiger partial charge in [0.05, 0.1) is 17.2 Å². The number of piperazine rings is 1. The van der Waals surface area contributed by atoms with Gasteiger partial charge >= 0.3 is 0 Å². The highest BCUT2D eigenvalue weighted by Crippen LogP contribution is 2.27. The van der Waals surface area contributed by atoms with Gasteiger partial charge in [0.25, 0.3) is 5.91 Å². The summed E-state index contributed by atoms with van der Waals surface area (Å²) >= 11 is 1.29. The Labute approximate surface area is 214 Å². The zero-order chi connectivity index (χ0) is 25.7. The Morgan fingerprint density at radius 3 is 2.47 bits per heavy atom. The molecule has 0 unspecified atom stereocenters. The lowest BCUT2D eigenvalue weighted by Crippen LogP contribution is -2.49. The van der Waals surface area contributed by atoms with E-state index < -0.39 is 15.9 Å². The predicted molar refractivity (Wildman–Crippen MR) is 139 cm³/mol. The lowest BCUT2D eigenvalue weighted by Gasteiger charge is -2.33. The number of carbonyl (C=O) groups excluding carboxylic acids is 2. The maximum Gasteiger partial charge on any atom is 0.257 e. The van der Waals surface area contributed by atoms with Crippen LogP contribution in [0, 0.1) is 0 Å². The van der Waals surface area contributed by atoms with Gasteiger partial charge in [-0.1, -0.05) is 13.0 Å². The third-order valence-corrected chi connectivity index (χ3v) is 8.42. The van der Waals surface area contributed by atoms with Crippen LogP contribution in [0.5, 0.6) is 5.75 Å². The Morgan fingerprint density at radius 1 is 1.08 bits per heavy atom. The SMILES string of the molecule is CCCOc1ccc(-c2csc(NC(=O)c3cccc(S(=O)(=O)N4CCN(C(C)=O)CC4)c3)n2)cc1. The van der Waals surface area contributed by atoms with E-state index in [0.29, 0.717) is 24.8 Å². The fraction of sp³-hybridized carbons (Fsp3) is 0.320. The van der Waals surface area contributed by atoms with Crippen LogP contribution in [0.15, 0.2) is 58.8 Å². The molecule has 1 aliphatic heterocycles. The lowest BCUT2D eigenvalue weighted by atomic mass is 10.2. The molecular weight excluding hydrogens is 500 g/mol. The number of nitrogens with zero attached hydrogens (tertiary/aromatic N) is 3. The summed E-state index contributed by atoms with van der Waals surface area (Å²) in [6.07, 6.45) is 0.934. The molecule has 2 amide bonds. The number of benzene rings is 2. The quantitative estimate of drug-likeness (QED) is 0.478. The van der Waals surface area contributed by atoms with Crippen molar-refractivity contribution >= 4 is 38.3 Å². The molecule has 2 heterocycles. The van der Waals surface area contributed by atoms with Gasteiger partial charge in [0.2, 0.25) is 15.9 Å². The largest absolute Gasteiger partial charge is 0.494 e. The zero-order valence-electron chi connectivity index (χ0n) is 20.1. The lowest BCUT2D eigenvalue weighted by molar-refractivity contribution is -0.129. The minimum Gasteiger partial charge on any atom is -0.494 e. The van der Waals surface area contributed by atoms with Crippen molar-refractivity contribution in [2.45, 2.75) is 25.2 Å². The Bertz CT molecular complexity index is 1330. The molecule has 3 aromatic rings. The molecule has 1 saturated heterocycles. The standard InChI is InChI=1S/C25H28N4O5S2/c1-3-15-34-21-9-7-19(8-10-21)23-17-35-25(26-23)27-24(31)20-5-4-6-22(16-20)36(32,33)29-13-11-28(12-14-29)18(2)30/h4-10,16-17H,3,11-15H2,1-2H3,(H,26,27,31). The highest BCUT2D eigenvalue weighted by atomic mass is 32.2. The van der Waals surface area contributed by atoms with Crippen LogP contribution in [-0.2, 0) is 14.8 Å². The molecule has 1 aromatic heterocycles. The van der Waals surface area contributed by atoms with Crippen LogP contribution < -0.4 is 10.1 Å². The average Bonchev–Trinajstić information content (AvgIpc) is 3.36. The van der Waals surface area contributed by atoms with E-state index in [1.165, 1.54) is 34.7 Å². The van der Waals surface area contributed by atoms with E-state index in [2.05, 4.69) is 10.3 Å². The number of ether oxygens (including phenoxy) is 1. The normalized spacial score (nSPS) is 14.4. The van der Waals surface area contributed by atoms with Crippen molar-refractivity contribution in [2.24, 2.45) is 0 Å². The van der Waals surface area contributed by atoms with Gasteiger partial charge in [0.1, 0.15) is 5.75 Å². The molecule has 0 radical (unpaired) electrons. The topological polar surface area (TPSA) is 109 Å².